The SMILES string of the molecule is COc1ccc(CCNC(=O)COc2ccc(C(=O)NCc3ccccc3)cc2)cc1OC. The summed E-state index contributed by atoms with van der Waals surface area (Å²) in [6, 6.07) is 22.1. The van der Waals surface area contributed by atoms with Crippen molar-refractivity contribution >= 4 is 11.8 Å². The second-order valence-electron chi connectivity index (χ2n) is 7.27. The van der Waals surface area contributed by atoms with E-state index >= 15 is 0 Å². The van der Waals surface area contributed by atoms with Crippen LogP contribution in [-0.2, 0) is 17.8 Å². The Labute approximate surface area is 193 Å². The quantitative estimate of drug-likeness (QED) is 0.470. The highest BCUT2D eigenvalue weighted by Gasteiger charge is 2.08. The first-order valence-corrected chi connectivity index (χ1v) is 10.6. The second kappa shape index (κ2) is 12.1. The lowest BCUT2D eigenvalue weighted by Crippen LogP contribution is -2.30. The van der Waals surface area contributed by atoms with E-state index in [1.54, 1.807) is 38.5 Å². The van der Waals surface area contributed by atoms with Crippen LogP contribution in [0, 0.1) is 0 Å². The van der Waals surface area contributed by atoms with Gasteiger partial charge in [-0.15, -0.1) is 0 Å². The number of carbonyl (C=O) groups is 2. The van der Waals surface area contributed by atoms with Gasteiger partial charge in [-0.3, -0.25) is 9.59 Å². The topological polar surface area (TPSA) is 85.9 Å². The van der Waals surface area contributed by atoms with Crippen molar-refractivity contribution in [3.05, 3.63) is 89.5 Å². The van der Waals surface area contributed by atoms with E-state index in [9.17, 15) is 9.59 Å². The summed E-state index contributed by atoms with van der Waals surface area (Å²) in [6.45, 7) is 0.824. The fourth-order valence-electron chi connectivity index (χ4n) is 3.17. The van der Waals surface area contributed by atoms with Gasteiger partial charge >= 0.3 is 0 Å². The summed E-state index contributed by atoms with van der Waals surface area (Å²) in [5, 5.41) is 5.71. The Balaban J connectivity index is 1.39. The summed E-state index contributed by atoms with van der Waals surface area (Å²) in [4.78, 5) is 24.4. The van der Waals surface area contributed by atoms with Gasteiger partial charge in [0.1, 0.15) is 5.75 Å². The van der Waals surface area contributed by atoms with E-state index in [0.717, 1.165) is 11.1 Å². The maximum atomic E-state index is 12.3. The molecule has 0 atom stereocenters. The predicted molar refractivity (Wildman–Crippen MR) is 126 cm³/mol. The molecule has 33 heavy (non-hydrogen) atoms. The molecule has 0 saturated heterocycles. The van der Waals surface area contributed by atoms with Crippen molar-refractivity contribution in [1.29, 1.82) is 0 Å². The van der Waals surface area contributed by atoms with Crippen molar-refractivity contribution in [2.45, 2.75) is 13.0 Å². The average Bonchev–Trinajstić information content (AvgIpc) is 2.86. The van der Waals surface area contributed by atoms with Crippen LogP contribution in [0.1, 0.15) is 21.5 Å². The highest BCUT2D eigenvalue weighted by atomic mass is 16.5. The van der Waals surface area contributed by atoms with Crippen LogP contribution in [0.3, 0.4) is 0 Å². The van der Waals surface area contributed by atoms with Crippen molar-refractivity contribution in [3.8, 4) is 17.2 Å². The molecule has 7 heteroatoms. The van der Waals surface area contributed by atoms with E-state index < -0.39 is 0 Å². The minimum absolute atomic E-state index is 0.106. The van der Waals surface area contributed by atoms with E-state index in [1.807, 2.05) is 48.5 Å². The number of amides is 2. The van der Waals surface area contributed by atoms with Crippen LogP contribution in [0.2, 0.25) is 0 Å². The number of hydrogen-bond donors (Lipinski definition) is 2. The lowest BCUT2D eigenvalue weighted by Gasteiger charge is -2.11. The maximum Gasteiger partial charge on any atom is 0.257 e. The molecule has 0 unspecified atom stereocenters. The van der Waals surface area contributed by atoms with Crippen molar-refractivity contribution in [1.82, 2.24) is 10.6 Å². The molecule has 3 rings (SSSR count). The molecule has 3 aromatic carbocycles. The maximum absolute atomic E-state index is 12.3. The van der Waals surface area contributed by atoms with Gasteiger partial charge in [-0.25, -0.2) is 0 Å². The van der Waals surface area contributed by atoms with Gasteiger partial charge in [0.15, 0.2) is 18.1 Å². The summed E-state index contributed by atoms with van der Waals surface area (Å²) in [7, 11) is 3.18. The zero-order chi connectivity index (χ0) is 23.5. The highest BCUT2D eigenvalue weighted by Crippen LogP contribution is 2.27. The molecule has 0 aliphatic carbocycles. The Morgan fingerprint density at radius 2 is 1.52 bits per heavy atom. The van der Waals surface area contributed by atoms with Crippen LogP contribution in [0.5, 0.6) is 17.2 Å². The number of benzene rings is 3. The molecular formula is C26H28N2O5. The number of methoxy groups -OCH3 is 2. The van der Waals surface area contributed by atoms with Crippen molar-refractivity contribution in [2.75, 3.05) is 27.4 Å². The van der Waals surface area contributed by atoms with Crippen LogP contribution in [0.25, 0.3) is 0 Å². The molecule has 172 valence electrons. The molecular weight excluding hydrogens is 420 g/mol. The fraction of sp³-hybridized carbons (Fsp3) is 0.231. The zero-order valence-electron chi connectivity index (χ0n) is 18.8. The third-order valence-corrected chi connectivity index (χ3v) is 4.97. The lowest BCUT2D eigenvalue weighted by molar-refractivity contribution is -0.123. The van der Waals surface area contributed by atoms with Gasteiger partial charge in [0.25, 0.3) is 11.8 Å². The molecule has 2 amide bonds. The third kappa shape index (κ3) is 7.28. The monoisotopic (exact) mass is 448 g/mol. The number of nitrogens with one attached hydrogen (secondary N) is 2. The molecule has 3 aromatic rings. The smallest absolute Gasteiger partial charge is 0.257 e. The van der Waals surface area contributed by atoms with Gasteiger partial charge in [-0.05, 0) is 53.9 Å². The van der Waals surface area contributed by atoms with Crippen LogP contribution in [-0.4, -0.2) is 39.2 Å². The van der Waals surface area contributed by atoms with Crippen molar-refractivity contribution in [2.24, 2.45) is 0 Å². The van der Waals surface area contributed by atoms with Crippen molar-refractivity contribution in [3.63, 3.8) is 0 Å². The molecule has 0 fully saturated rings. The molecule has 0 bridgehead atoms. The summed E-state index contributed by atoms with van der Waals surface area (Å²) in [5.41, 5.74) is 2.58. The molecule has 0 heterocycles. The van der Waals surface area contributed by atoms with Gasteiger partial charge in [-0.2, -0.15) is 0 Å². The summed E-state index contributed by atoms with van der Waals surface area (Å²) >= 11 is 0. The first-order valence-electron chi connectivity index (χ1n) is 10.6. The second-order valence-corrected chi connectivity index (χ2v) is 7.27. The number of rotatable bonds is 11. The van der Waals surface area contributed by atoms with Gasteiger partial charge in [0.05, 0.1) is 14.2 Å². The molecule has 0 aliphatic rings. The highest BCUT2D eigenvalue weighted by molar-refractivity contribution is 5.94. The largest absolute Gasteiger partial charge is 0.493 e. The van der Waals surface area contributed by atoms with E-state index in [2.05, 4.69) is 10.6 Å². The van der Waals surface area contributed by atoms with Gasteiger partial charge in [0, 0.05) is 18.7 Å². The Bertz CT molecular complexity index is 1050. The molecule has 0 radical (unpaired) electrons. The van der Waals surface area contributed by atoms with E-state index in [0.29, 0.717) is 42.3 Å². The van der Waals surface area contributed by atoms with E-state index in [-0.39, 0.29) is 18.4 Å². The number of ether oxygens (including phenoxy) is 3. The van der Waals surface area contributed by atoms with Crippen LogP contribution in [0.4, 0.5) is 0 Å². The molecule has 2 N–H and O–H groups in total. The van der Waals surface area contributed by atoms with E-state index in [1.165, 1.54) is 0 Å². The standard InChI is InChI=1S/C26H28N2O5/c1-31-23-13-8-19(16-24(23)32-2)14-15-27-25(29)18-33-22-11-9-21(10-12-22)26(30)28-17-20-6-4-3-5-7-20/h3-13,16H,14-15,17-18H2,1-2H3,(H,27,29)(H,28,30). The summed E-state index contributed by atoms with van der Waals surface area (Å²) in [6.07, 6.45) is 0.652. The van der Waals surface area contributed by atoms with Crippen LogP contribution >= 0.6 is 0 Å². The Morgan fingerprint density at radius 1 is 0.788 bits per heavy atom. The molecule has 0 saturated carbocycles. The first kappa shape index (κ1) is 23.7. The predicted octanol–water partition coefficient (Wildman–Crippen LogP) is 3.37. The Morgan fingerprint density at radius 3 is 2.21 bits per heavy atom. The lowest BCUT2D eigenvalue weighted by atomic mass is 10.1. The van der Waals surface area contributed by atoms with Crippen LogP contribution in [0.15, 0.2) is 72.8 Å². The van der Waals surface area contributed by atoms with E-state index in [4.69, 9.17) is 14.2 Å². The molecule has 7 nitrogen and oxygen atoms in total. The minimum Gasteiger partial charge on any atom is -0.493 e. The minimum atomic E-state index is -0.222. The average molecular weight is 449 g/mol. The normalized spacial score (nSPS) is 10.2. The van der Waals surface area contributed by atoms with Crippen LogP contribution < -0.4 is 24.8 Å². The molecule has 0 aromatic heterocycles. The molecule has 0 aliphatic heterocycles. The fourth-order valence-corrected chi connectivity index (χ4v) is 3.17. The summed E-state index contributed by atoms with van der Waals surface area (Å²) in [5.74, 6) is 1.45. The summed E-state index contributed by atoms with van der Waals surface area (Å²) < 4.78 is 16.0. The zero-order valence-corrected chi connectivity index (χ0v) is 18.8. The molecule has 0 spiro atoms. The first-order chi connectivity index (χ1) is 16.1. The number of carbonyl (C=O) groups excluding carboxylic acids is 2. The third-order valence-electron chi connectivity index (χ3n) is 4.97. The van der Waals surface area contributed by atoms with Gasteiger partial charge < -0.3 is 24.8 Å². The number of hydrogen-bond acceptors (Lipinski definition) is 5. The Hall–Kier alpha value is -4.00. The van der Waals surface area contributed by atoms with Gasteiger partial charge in [-0.1, -0.05) is 36.4 Å². The van der Waals surface area contributed by atoms with Gasteiger partial charge in [0.2, 0.25) is 0 Å². The Kier molecular flexibility index (Phi) is 8.71. The van der Waals surface area contributed by atoms with Crippen molar-refractivity contribution < 1.29 is 23.8 Å².